The van der Waals surface area contributed by atoms with Gasteiger partial charge in [-0.1, -0.05) is 90.1 Å². The molecule has 0 aliphatic heterocycles. The van der Waals surface area contributed by atoms with Gasteiger partial charge in [0.15, 0.2) is 0 Å². The van der Waals surface area contributed by atoms with Gasteiger partial charge in [0.25, 0.3) is 0 Å². The SMILES string of the molecule is C=C/C(C)=C\C(=C)C(=C)/C=C(\C=C)CO/C(C=C)=C(/C=C)CC.CC. The second-order valence-corrected chi connectivity index (χ2v) is 5.01. The average molecular weight is 339 g/mol. The Kier molecular flexibility index (Phi) is 14.8. The van der Waals surface area contributed by atoms with Gasteiger partial charge in [-0.3, -0.25) is 0 Å². The molecular formula is C24H34O. The molecule has 0 radical (unpaired) electrons. The van der Waals surface area contributed by atoms with Gasteiger partial charge in [-0.15, -0.1) is 0 Å². The highest BCUT2D eigenvalue weighted by atomic mass is 16.5. The molecule has 0 bridgehead atoms. The molecule has 0 saturated carbocycles. The molecule has 0 spiro atoms. The first-order valence-electron chi connectivity index (χ1n) is 8.56. The quantitative estimate of drug-likeness (QED) is 0.281. The van der Waals surface area contributed by atoms with Gasteiger partial charge < -0.3 is 4.74 Å². The van der Waals surface area contributed by atoms with Gasteiger partial charge in [0.05, 0.1) is 0 Å². The molecule has 0 aliphatic rings. The van der Waals surface area contributed by atoms with E-state index in [0.29, 0.717) is 6.61 Å². The molecule has 0 atom stereocenters. The summed E-state index contributed by atoms with van der Waals surface area (Å²) in [6.45, 7) is 31.6. The monoisotopic (exact) mass is 338 g/mol. The molecule has 0 aromatic carbocycles. The molecule has 0 N–H and O–H groups in total. The largest absolute Gasteiger partial charge is 0.489 e. The van der Waals surface area contributed by atoms with Crippen molar-refractivity contribution in [1.82, 2.24) is 0 Å². The third-order valence-corrected chi connectivity index (χ3v) is 3.28. The predicted molar refractivity (Wildman–Crippen MR) is 116 cm³/mol. The summed E-state index contributed by atoms with van der Waals surface area (Å²) in [5.41, 5.74) is 4.63. The second-order valence-electron chi connectivity index (χ2n) is 5.01. The van der Waals surface area contributed by atoms with Crippen molar-refractivity contribution in [2.75, 3.05) is 6.61 Å². The van der Waals surface area contributed by atoms with Crippen molar-refractivity contribution < 1.29 is 4.74 Å². The Bertz CT molecular complexity index is 592. The third-order valence-electron chi connectivity index (χ3n) is 3.28. The van der Waals surface area contributed by atoms with Crippen LogP contribution in [0.15, 0.2) is 110 Å². The molecule has 0 aromatic rings. The van der Waals surface area contributed by atoms with E-state index in [0.717, 1.165) is 40.0 Å². The summed E-state index contributed by atoms with van der Waals surface area (Å²) in [7, 11) is 0. The Morgan fingerprint density at radius 2 is 1.40 bits per heavy atom. The fourth-order valence-electron chi connectivity index (χ4n) is 1.77. The topological polar surface area (TPSA) is 9.23 Å². The third kappa shape index (κ3) is 10.0. The highest BCUT2D eigenvalue weighted by molar-refractivity contribution is 5.47. The van der Waals surface area contributed by atoms with Crippen LogP contribution in [-0.4, -0.2) is 6.61 Å². The van der Waals surface area contributed by atoms with Crippen LogP contribution in [0.1, 0.15) is 34.1 Å². The molecule has 0 saturated heterocycles. The van der Waals surface area contributed by atoms with E-state index in [4.69, 9.17) is 4.74 Å². The Balaban J connectivity index is 0. The molecule has 0 unspecified atom stereocenters. The average Bonchev–Trinajstić information content (AvgIpc) is 2.64. The lowest BCUT2D eigenvalue weighted by molar-refractivity contribution is 0.252. The zero-order valence-corrected chi connectivity index (χ0v) is 16.5. The molecule has 0 heterocycles. The van der Waals surface area contributed by atoms with Crippen LogP contribution in [0.5, 0.6) is 0 Å². The molecule has 0 aromatic heterocycles. The molecule has 136 valence electrons. The van der Waals surface area contributed by atoms with Crippen molar-refractivity contribution in [2.24, 2.45) is 0 Å². The smallest absolute Gasteiger partial charge is 0.122 e. The lowest BCUT2D eigenvalue weighted by Gasteiger charge is -2.11. The predicted octanol–water partition coefficient (Wildman–Crippen LogP) is 7.42. The van der Waals surface area contributed by atoms with Crippen LogP contribution in [0.3, 0.4) is 0 Å². The van der Waals surface area contributed by atoms with E-state index in [1.165, 1.54) is 0 Å². The van der Waals surface area contributed by atoms with Crippen molar-refractivity contribution >= 4 is 0 Å². The maximum atomic E-state index is 5.82. The first-order chi connectivity index (χ1) is 11.9. The minimum atomic E-state index is 0.388. The fourth-order valence-corrected chi connectivity index (χ4v) is 1.77. The van der Waals surface area contributed by atoms with Gasteiger partial charge in [-0.05, 0) is 47.8 Å². The molecule has 25 heavy (non-hydrogen) atoms. The summed E-state index contributed by atoms with van der Waals surface area (Å²) in [4.78, 5) is 0. The maximum Gasteiger partial charge on any atom is 0.122 e. The van der Waals surface area contributed by atoms with Crippen molar-refractivity contribution in [3.8, 4) is 0 Å². The van der Waals surface area contributed by atoms with Crippen molar-refractivity contribution in [3.05, 3.63) is 110 Å². The van der Waals surface area contributed by atoms with E-state index in [1.807, 2.05) is 39.8 Å². The van der Waals surface area contributed by atoms with Crippen LogP contribution in [0.4, 0.5) is 0 Å². The van der Waals surface area contributed by atoms with Crippen molar-refractivity contribution in [3.63, 3.8) is 0 Å². The minimum Gasteiger partial charge on any atom is -0.489 e. The van der Waals surface area contributed by atoms with E-state index < -0.39 is 0 Å². The summed E-state index contributed by atoms with van der Waals surface area (Å²) in [5.74, 6) is 0.738. The van der Waals surface area contributed by atoms with Crippen LogP contribution < -0.4 is 0 Å². The number of ether oxygens (including phenoxy) is 1. The van der Waals surface area contributed by atoms with Gasteiger partial charge in [-0.2, -0.15) is 0 Å². The Morgan fingerprint density at radius 3 is 1.80 bits per heavy atom. The molecule has 0 fully saturated rings. The van der Waals surface area contributed by atoms with E-state index in [9.17, 15) is 0 Å². The summed E-state index contributed by atoms with van der Waals surface area (Å²) in [6, 6.07) is 0. The number of allylic oxidation sites excluding steroid dienone is 9. The fraction of sp³-hybridized carbons (Fsp3) is 0.250. The molecule has 0 rings (SSSR count). The maximum absolute atomic E-state index is 5.82. The summed E-state index contributed by atoms with van der Waals surface area (Å²) >= 11 is 0. The summed E-state index contributed by atoms with van der Waals surface area (Å²) < 4.78 is 5.82. The van der Waals surface area contributed by atoms with E-state index >= 15 is 0 Å². The number of rotatable bonds is 11. The standard InChI is InChI=1S/C22H28O.C2H6/c1-9-17(6)14-18(7)19(8)15-20(10-2)16-23-22(13-5)21(11-3)12-4;1-2/h9-11,13-15H,1-3,5,7-8,12,16H2,4,6H3;1-2H3/b17-14-,20-15+,22-21-;. The highest BCUT2D eigenvalue weighted by Crippen LogP contribution is 2.17. The van der Waals surface area contributed by atoms with E-state index in [1.54, 1.807) is 24.3 Å². The number of hydrogen-bond acceptors (Lipinski definition) is 1. The lowest BCUT2D eigenvalue weighted by atomic mass is 10.0. The van der Waals surface area contributed by atoms with Gasteiger partial charge in [0.2, 0.25) is 0 Å². The summed E-state index contributed by atoms with van der Waals surface area (Å²) in [5, 5.41) is 0. The Labute approximate surface area is 155 Å². The molecular weight excluding hydrogens is 304 g/mol. The van der Waals surface area contributed by atoms with E-state index in [2.05, 4.69) is 39.5 Å². The van der Waals surface area contributed by atoms with Gasteiger partial charge in [-0.25, -0.2) is 0 Å². The van der Waals surface area contributed by atoms with Gasteiger partial charge in [0.1, 0.15) is 12.4 Å². The minimum absolute atomic E-state index is 0.388. The van der Waals surface area contributed by atoms with E-state index in [-0.39, 0.29) is 0 Å². The molecule has 1 heteroatoms. The molecule has 0 aliphatic carbocycles. The van der Waals surface area contributed by atoms with Crippen LogP contribution in [0, 0.1) is 0 Å². The van der Waals surface area contributed by atoms with Crippen LogP contribution in [0.2, 0.25) is 0 Å². The van der Waals surface area contributed by atoms with Gasteiger partial charge in [0, 0.05) is 0 Å². The van der Waals surface area contributed by atoms with Gasteiger partial charge >= 0.3 is 0 Å². The number of hydrogen-bond donors (Lipinski definition) is 0. The second kappa shape index (κ2) is 15.0. The summed E-state index contributed by atoms with van der Waals surface area (Å²) in [6.07, 6.45) is 11.7. The highest BCUT2D eigenvalue weighted by Gasteiger charge is 2.03. The first-order valence-corrected chi connectivity index (χ1v) is 8.56. The Morgan fingerprint density at radius 1 is 0.840 bits per heavy atom. The molecule has 0 amide bonds. The Hall–Kier alpha value is -2.54. The van der Waals surface area contributed by atoms with Crippen LogP contribution in [-0.2, 0) is 4.74 Å². The van der Waals surface area contributed by atoms with Crippen LogP contribution >= 0.6 is 0 Å². The zero-order chi connectivity index (χ0) is 19.8. The lowest BCUT2D eigenvalue weighted by Crippen LogP contribution is -1.99. The first kappa shape index (κ1) is 24.7. The van der Waals surface area contributed by atoms with Crippen molar-refractivity contribution in [2.45, 2.75) is 34.1 Å². The zero-order valence-electron chi connectivity index (χ0n) is 16.5. The molecule has 1 nitrogen and oxygen atoms in total. The normalized spacial score (nSPS) is 12.0. The van der Waals surface area contributed by atoms with Crippen molar-refractivity contribution in [1.29, 1.82) is 0 Å². The van der Waals surface area contributed by atoms with Crippen LogP contribution in [0.25, 0.3) is 0 Å².